The third-order valence-corrected chi connectivity index (χ3v) is 5.82. The quantitative estimate of drug-likeness (QED) is 0.466. The fourth-order valence-corrected chi connectivity index (χ4v) is 4.68. The Hall–Kier alpha value is 0.01000. The molecule has 0 fully saturated rings. The molecular weight excluding hydrogens is 482 g/mol. The van der Waals surface area contributed by atoms with Crippen molar-refractivity contribution in [2.75, 3.05) is 4.67 Å². The van der Waals surface area contributed by atoms with Crippen molar-refractivity contribution in [3.05, 3.63) is 29.8 Å². The van der Waals surface area contributed by atoms with Gasteiger partial charge in [-0.2, -0.15) is 13.2 Å². The molecule has 0 radical (unpaired) electrons. The van der Waals surface area contributed by atoms with E-state index in [-0.39, 0.29) is 5.69 Å². The summed E-state index contributed by atoms with van der Waals surface area (Å²) in [5.41, 5.74) is 10.8. The van der Waals surface area contributed by atoms with Gasteiger partial charge in [-0.15, -0.1) is 0 Å². The Labute approximate surface area is 154 Å². The molecule has 4 nitrogen and oxygen atoms in total. The van der Waals surface area contributed by atoms with Crippen LogP contribution in [0.2, 0.25) is 0 Å². The van der Waals surface area contributed by atoms with Crippen LogP contribution >= 0.6 is 38.3 Å². The van der Waals surface area contributed by atoms with E-state index >= 15 is 0 Å². The zero-order chi connectivity index (χ0) is 18.1. The first-order valence-electron chi connectivity index (χ1n) is 6.38. The fraction of sp³-hybridized carbons (Fsp3) is 0.417. The van der Waals surface area contributed by atoms with Crippen molar-refractivity contribution in [1.82, 2.24) is 0 Å². The summed E-state index contributed by atoms with van der Waals surface area (Å²) in [6.07, 6.45) is -3.39. The largest absolute Gasteiger partial charge is 0.416 e. The lowest BCUT2D eigenvalue weighted by atomic mass is 10.2. The van der Waals surface area contributed by atoms with Gasteiger partial charge in [-0.1, -0.05) is 45.2 Å². The highest BCUT2D eigenvalue weighted by molar-refractivity contribution is 9.26. The minimum Gasteiger partial charge on any atom is -0.275 e. The number of halogens is 5. The predicted octanol–water partition coefficient (Wildman–Crippen LogP) is 4.47. The van der Waals surface area contributed by atoms with Crippen LogP contribution in [0.3, 0.4) is 0 Å². The Morgan fingerprint density at radius 2 is 1.74 bits per heavy atom. The first-order chi connectivity index (χ1) is 10.3. The van der Waals surface area contributed by atoms with Gasteiger partial charge in [-0.25, -0.2) is 0 Å². The summed E-state index contributed by atoms with van der Waals surface area (Å²) in [5.74, 6) is -0.549. The first kappa shape index (κ1) is 21.1. The molecule has 1 rings (SSSR count). The van der Waals surface area contributed by atoms with Gasteiger partial charge >= 0.3 is 6.18 Å². The molecule has 1 aromatic carbocycles. The molecule has 130 valence electrons. The van der Waals surface area contributed by atoms with Crippen molar-refractivity contribution < 1.29 is 18.0 Å². The minimum absolute atomic E-state index is 0.121. The Balaban J connectivity index is 3.29. The van der Waals surface area contributed by atoms with E-state index in [0.29, 0.717) is 12.8 Å². The zero-order valence-electron chi connectivity index (χ0n) is 12.0. The molecule has 0 atom stereocenters. The fourth-order valence-electron chi connectivity index (χ4n) is 1.81. The van der Waals surface area contributed by atoms with Crippen molar-refractivity contribution in [3.8, 4) is 0 Å². The van der Waals surface area contributed by atoms with Crippen LogP contribution in [0.25, 0.3) is 0 Å². The Morgan fingerprint density at radius 3 is 2.09 bits per heavy atom. The van der Waals surface area contributed by atoms with Crippen LogP contribution in [0, 0.1) is 0 Å². The number of hydrogen-bond acceptors (Lipinski definition) is 2. The number of rotatable bonds is 5. The number of alkyl halides is 5. The van der Waals surface area contributed by atoms with Crippen LogP contribution < -0.4 is 15.7 Å². The second kappa shape index (κ2) is 7.49. The molecule has 0 bridgehead atoms. The van der Waals surface area contributed by atoms with Crippen molar-refractivity contribution in [3.63, 3.8) is 0 Å². The van der Waals surface area contributed by atoms with Gasteiger partial charge in [0.25, 0.3) is 5.91 Å². The van der Waals surface area contributed by atoms with E-state index < -0.39 is 27.4 Å². The van der Waals surface area contributed by atoms with Crippen LogP contribution in [0.15, 0.2) is 24.3 Å². The normalized spacial score (nSPS) is 13.0. The molecular formula is C12H15Br2F3N3OPS. The molecule has 0 aliphatic carbocycles. The molecule has 11 heteroatoms. The highest BCUT2D eigenvalue weighted by atomic mass is 79.9. The van der Waals surface area contributed by atoms with Crippen LogP contribution in [0.1, 0.15) is 25.3 Å². The van der Waals surface area contributed by atoms with Gasteiger partial charge in [0.05, 0.1) is 11.3 Å². The van der Waals surface area contributed by atoms with E-state index in [4.69, 9.17) is 22.8 Å². The van der Waals surface area contributed by atoms with Crippen molar-refractivity contribution in [2.45, 2.75) is 29.2 Å². The standard InChI is InChI=1S/C12H15Br2F3N3OPS/c1-2-7-11(13,14)10(21)20(22(18,19)23)9-5-3-8(4-6-9)12(15,16)17/h3-6H,2,7H2,1H3,(H4,18,19,23). The lowest BCUT2D eigenvalue weighted by Crippen LogP contribution is -2.43. The molecule has 23 heavy (non-hydrogen) atoms. The molecule has 4 N–H and O–H groups in total. The van der Waals surface area contributed by atoms with E-state index in [9.17, 15) is 18.0 Å². The summed E-state index contributed by atoms with van der Waals surface area (Å²) in [5, 5.41) is 0. The molecule has 0 aliphatic heterocycles. The molecule has 1 aromatic rings. The van der Waals surface area contributed by atoms with E-state index in [1.165, 1.54) is 0 Å². The van der Waals surface area contributed by atoms with Crippen LogP contribution in [0.4, 0.5) is 18.9 Å². The van der Waals surface area contributed by atoms with Crippen LogP contribution in [-0.2, 0) is 22.8 Å². The molecule has 0 saturated heterocycles. The summed E-state index contributed by atoms with van der Waals surface area (Å²) in [7, 11) is 0. The van der Waals surface area contributed by atoms with Gasteiger partial charge in [0, 0.05) is 0 Å². The average Bonchev–Trinajstić information content (AvgIpc) is 2.36. The lowest BCUT2D eigenvalue weighted by Gasteiger charge is -2.33. The van der Waals surface area contributed by atoms with Gasteiger partial charge in [-0.05, 0) is 42.5 Å². The lowest BCUT2D eigenvalue weighted by molar-refractivity contribution is -0.137. The van der Waals surface area contributed by atoms with Gasteiger partial charge in [0.2, 0.25) is 0 Å². The molecule has 0 heterocycles. The maximum atomic E-state index is 12.7. The molecule has 0 aliphatic rings. The maximum Gasteiger partial charge on any atom is 0.416 e. The molecule has 1 amide bonds. The Kier molecular flexibility index (Phi) is 6.86. The minimum atomic E-state index is -4.48. The number of nitrogens with zero attached hydrogens (tertiary/aromatic N) is 1. The number of carbonyl (C=O) groups is 1. The monoisotopic (exact) mass is 495 g/mol. The maximum absolute atomic E-state index is 12.7. The van der Waals surface area contributed by atoms with E-state index in [0.717, 1.165) is 28.9 Å². The van der Waals surface area contributed by atoms with Crippen LogP contribution in [-0.4, -0.2) is 9.14 Å². The van der Waals surface area contributed by atoms with Gasteiger partial charge in [0.15, 0.2) is 9.72 Å². The third kappa shape index (κ3) is 5.51. The van der Waals surface area contributed by atoms with Gasteiger partial charge < -0.3 is 0 Å². The number of hydrogen-bond donors (Lipinski definition) is 2. The second-order valence-electron chi connectivity index (χ2n) is 4.79. The third-order valence-electron chi connectivity index (χ3n) is 2.82. The van der Waals surface area contributed by atoms with Gasteiger partial charge in [0.1, 0.15) is 0 Å². The Morgan fingerprint density at radius 1 is 1.26 bits per heavy atom. The SMILES string of the molecule is CCCC(Br)(Br)C(=O)N(c1ccc(C(F)(F)F)cc1)P(N)(N)=S. The molecule has 0 unspecified atom stereocenters. The molecule has 0 saturated carbocycles. The first-order valence-corrected chi connectivity index (χ1v) is 10.9. The summed E-state index contributed by atoms with van der Waals surface area (Å²) in [4.78, 5) is 12.7. The number of nitrogens with two attached hydrogens (primary N) is 2. The molecule has 0 aromatic heterocycles. The number of benzene rings is 1. The van der Waals surface area contributed by atoms with E-state index in [1.54, 1.807) is 0 Å². The highest BCUT2D eigenvalue weighted by Gasteiger charge is 2.40. The summed E-state index contributed by atoms with van der Waals surface area (Å²) < 4.78 is 37.8. The number of carbonyl (C=O) groups excluding carboxylic acids is 1. The second-order valence-corrected chi connectivity index (χ2v) is 12.1. The summed E-state index contributed by atoms with van der Waals surface area (Å²) >= 11 is 11.5. The highest BCUT2D eigenvalue weighted by Crippen LogP contribution is 2.45. The number of anilines is 1. The average molecular weight is 497 g/mol. The van der Waals surface area contributed by atoms with Crippen molar-refractivity contribution in [1.29, 1.82) is 0 Å². The van der Waals surface area contributed by atoms with Crippen LogP contribution in [0.5, 0.6) is 0 Å². The number of amides is 1. The van der Waals surface area contributed by atoms with Crippen molar-refractivity contribution >= 4 is 61.8 Å². The zero-order valence-corrected chi connectivity index (χ0v) is 16.9. The topological polar surface area (TPSA) is 72.3 Å². The molecule has 0 spiro atoms. The predicted molar refractivity (Wildman–Crippen MR) is 97.1 cm³/mol. The Bertz CT molecular complexity index is 619. The van der Waals surface area contributed by atoms with E-state index in [2.05, 4.69) is 31.9 Å². The van der Waals surface area contributed by atoms with E-state index in [1.807, 2.05) is 6.92 Å². The smallest absolute Gasteiger partial charge is 0.275 e. The van der Waals surface area contributed by atoms with Crippen molar-refractivity contribution in [2.24, 2.45) is 11.0 Å². The van der Waals surface area contributed by atoms with Gasteiger partial charge in [-0.3, -0.25) is 20.5 Å². The summed E-state index contributed by atoms with van der Waals surface area (Å²) in [6.45, 7) is -1.38. The summed E-state index contributed by atoms with van der Waals surface area (Å²) in [6, 6.07) is 3.96.